The van der Waals surface area contributed by atoms with Crippen LogP contribution in [0.3, 0.4) is 0 Å². The van der Waals surface area contributed by atoms with Crippen LogP contribution in [0.5, 0.6) is 0 Å². The van der Waals surface area contributed by atoms with Crippen molar-refractivity contribution in [3.8, 4) is 0 Å². The minimum Gasteiger partial charge on any atom is -0.480 e. The lowest BCUT2D eigenvalue weighted by molar-refractivity contribution is -0.143. The van der Waals surface area contributed by atoms with Gasteiger partial charge in [0.15, 0.2) is 0 Å². The van der Waals surface area contributed by atoms with Crippen molar-refractivity contribution in [1.29, 1.82) is 0 Å². The number of hydrogen-bond donors (Lipinski definition) is 2. The molecule has 3 atom stereocenters. The summed E-state index contributed by atoms with van der Waals surface area (Å²) in [4.78, 5) is 23.2. The molecular weight excluding hydrogens is 273 g/mol. The van der Waals surface area contributed by atoms with Crippen LogP contribution in [0.25, 0.3) is 0 Å². The summed E-state index contributed by atoms with van der Waals surface area (Å²) in [6.45, 7) is 5.48. The van der Waals surface area contributed by atoms with Gasteiger partial charge in [-0.05, 0) is 29.5 Å². The molecule has 21 heavy (non-hydrogen) atoms. The number of nitrogens with one attached hydrogen (secondary N) is 1. The first-order valence-electron chi connectivity index (χ1n) is 7.12. The molecule has 116 valence electrons. The van der Waals surface area contributed by atoms with Gasteiger partial charge in [0.1, 0.15) is 11.9 Å². The summed E-state index contributed by atoms with van der Waals surface area (Å²) in [5.41, 5.74) is 0.723. The Bertz CT molecular complexity index is 504. The Morgan fingerprint density at radius 2 is 2.00 bits per heavy atom. The average Bonchev–Trinajstić information content (AvgIpc) is 2.43. The number of carboxylic acids is 1. The van der Waals surface area contributed by atoms with E-state index in [2.05, 4.69) is 5.32 Å². The van der Waals surface area contributed by atoms with Crippen LogP contribution in [0.1, 0.15) is 45.1 Å². The summed E-state index contributed by atoms with van der Waals surface area (Å²) < 4.78 is 13.2. The molecule has 0 fully saturated rings. The molecule has 0 bridgehead atoms. The molecule has 1 aromatic carbocycles. The fourth-order valence-electron chi connectivity index (χ4n) is 2.12. The predicted octanol–water partition coefficient (Wildman–Crippen LogP) is 2.93. The highest BCUT2D eigenvalue weighted by atomic mass is 19.1. The van der Waals surface area contributed by atoms with Gasteiger partial charge in [0.05, 0.1) is 0 Å². The van der Waals surface area contributed by atoms with Crippen molar-refractivity contribution in [2.75, 3.05) is 0 Å². The second-order valence-corrected chi connectivity index (χ2v) is 5.43. The number of amides is 1. The van der Waals surface area contributed by atoms with Crippen molar-refractivity contribution in [2.45, 2.75) is 45.6 Å². The summed E-state index contributed by atoms with van der Waals surface area (Å²) in [7, 11) is 0. The van der Waals surface area contributed by atoms with Crippen molar-refractivity contribution in [1.82, 2.24) is 5.32 Å². The Balaban J connectivity index is 2.65. The molecule has 0 aliphatic heterocycles. The van der Waals surface area contributed by atoms with Crippen LogP contribution in [-0.2, 0) is 9.59 Å². The topological polar surface area (TPSA) is 66.4 Å². The van der Waals surface area contributed by atoms with E-state index < -0.39 is 12.0 Å². The largest absolute Gasteiger partial charge is 0.480 e. The van der Waals surface area contributed by atoms with Gasteiger partial charge in [-0.3, -0.25) is 4.79 Å². The molecule has 0 heterocycles. The maximum absolute atomic E-state index is 13.2. The highest BCUT2D eigenvalue weighted by Gasteiger charge is 2.25. The van der Waals surface area contributed by atoms with E-state index in [-0.39, 0.29) is 30.0 Å². The second-order valence-electron chi connectivity index (χ2n) is 5.43. The first-order chi connectivity index (χ1) is 9.85. The molecule has 1 amide bonds. The van der Waals surface area contributed by atoms with Gasteiger partial charge in [-0.15, -0.1) is 0 Å². The molecule has 0 spiro atoms. The number of aliphatic carboxylic acids is 1. The molecule has 5 heteroatoms. The van der Waals surface area contributed by atoms with Crippen molar-refractivity contribution in [3.63, 3.8) is 0 Å². The monoisotopic (exact) mass is 295 g/mol. The molecule has 1 aromatic rings. The zero-order chi connectivity index (χ0) is 16.0. The number of benzene rings is 1. The highest BCUT2D eigenvalue weighted by Crippen LogP contribution is 2.20. The fraction of sp³-hybridized carbons (Fsp3) is 0.500. The average molecular weight is 295 g/mol. The zero-order valence-corrected chi connectivity index (χ0v) is 12.6. The van der Waals surface area contributed by atoms with Gasteiger partial charge in [-0.2, -0.15) is 0 Å². The third-order valence-corrected chi connectivity index (χ3v) is 3.70. The molecular formula is C16H22FNO3. The van der Waals surface area contributed by atoms with E-state index in [0.717, 1.165) is 5.56 Å². The lowest BCUT2D eigenvalue weighted by atomic mass is 9.95. The van der Waals surface area contributed by atoms with Crippen LogP contribution in [0.15, 0.2) is 24.3 Å². The number of carboxylic acid groups (broad SMARTS) is 1. The molecule has 0 radical (unpaired) electrons. The van der Waals surface area contributed by atoms with Crippen LogP contribution in [-0.4, -0.2) is 23.0 Å². The predicted molar refractivity (Wildman–Crippen MR) is 78.5 cm³/mol. The lowest BCUT2D eigenvalue weighted by Gasteiger charge is -2.21. The van der Waals surface area contributed by atoms with Gasteiger partial charge < -0.3 is 10.4 Å². The fourth-order valence-corrected chi connectivity index (χ4v) is 2.12. The van der Waals surface area contributed by atoms with E-state index in [1.165, 1.54) is 12.1 Å². The Hall–Kier alpha value is -1.91. The smallest absolute Gasteiger partial charge is 0.326 e. The van der Waals surface area contributed by atoms with Gasteiger partial charge in [0.25, 0.3) is 0 Å². The van der Waals surface area contributed by atoms with Crippen LogP contribution in [0.4, 0.5) is 4.39 Å². The molecule has 4 nitrogen and oxygen atoms in total. The van der Waals surface area contributed by atoms with Crippen LogP contribution < -0.4 is 5.32 Å². The Kier molecular flexibility index (Phi) is 6.34. The molecule has 1 unspecified atom stereocenters. The van der Waals surface area contributed by atoms with Crippen molar-refractivity contribution in [2.24, 2.45) is 5.92 Å². The number of carbonyl (C=O) groups excluding carboxylic acids is 1. The Morgan fingerprint density at radius 1 is 1.33 bits per heavy atom. The summed E-state index contributed by atoms with van der Waals surface area (Å²) in [6, 6.07) is 5.20. The van der Waals surface area contributed by atoms with Crippen LogP contribution in [0.2, 0.25) is 0 Å². The number of halogens is 1. The van der Waals surface area contributed by atoms with E-state index in [4.69, 9.17) is 5.11 Å². The van der Waals surface area contributed by atoms with Gasteiger partial charge >= 0.3 is 5.97 Å². The standard InChI is InChI=1S/C16H22FNO3/c1-4-10(2)15(16(20)21)18-14(19)8-11(3)12-6-5-7-13(17)9-12/h5-7,9-11,15H,4,8H2,1-3H3,(H,18,19)(H,20,21)/t10-,11?,15-/m0/s1. The minimum atomic E-state index is -1.03. The SMILES string of the molecule is CC[C@H](C)[C@H](NC(=O)CC(C)c1cccc(F)c1)C(=O)O. The van der Waals surface area contributed by atoms with Crippen molar-refractivity contribution in [3.05, 3.63) is 35.6 Å². The maximum atomic E-state index is 13.2. The quantitative estimate of drug-likeness (QED) is 0.812. The second kappa shape index (κ2) is 7.76. The van der Waals surface area contributed by atoms with Gasteiger partial charge in [0.2, 0.25) is 5.91 Å². The first-order valence-corrected chi connectivity index (χ1v) is 7.12. The minimum absolute atomic E-state index is 0.129. The molecule has 0 aliphatic rings. The highest BCUT2D eigenvalue weighted by molar-refractivity contribution is 5.84. The van der Waals surface area contributed by atoms with Gasteiger partial charge in [-0.1, -0.05) is 39.3 Å². The number of rotatable bonds is 7. The maximum Gasteiger partial charge on any atom is 0.326 e. The molecule has 1 rings (SSSR count). The van der Waals surface area contributed by atoms with E-state index in [0.29, 0.717) is 6.42 Å². The molecule has 2 N–H and O–H groups in total. The summed E-state index contributed by atoms with van der Waals surface area (Å²) in [6.07, 6.45) is 0.792. The van der Waals surface area contributed by atoms with Crippen LogP contribution in [0, 0.1) is 11.7 Å². The summed E-state index contributed by atoms with van der Waals surface area (Å²) in [5, 5.41) is 11.7. The van der Waals surface area contributed by atoms with Crippen molar-refractivity contribution < 1.29 is 19.1 Å². The molecule has 0 saturated heterocycles. The molecule has 0 aromatic heterocycles. The summed E-state index contributed by atoms with van der Waals surface area (Å²) in [5.74, 6) is -2.03. The normalized spacial score (nSPS) is 15.0. The van der Waals surface area contributed by atoms with Crippen molar-refractivity contribution >= 4 is 11.9 Å². The van der Waals surface area contributed by atoms with Gasteiger partial charge in [0, 0.05) is 6.42 Å². The van der Waals surface area contributed by atoms with E-state index in [1.54, 1.807) is 19.1 Å². The van der Waals surface area contributed by atoms with E-state index >= 15 is 0 Å². The number of hydrogen-bond acceptors (Lipinski definition) is 2. The number of carbonyl (C=O) groups is 2. The van der Waals surface area contributed by atoms with Crippen LogP contribution >= 0.6 is 0 Å². The third-order valence-electron chi connectivity index (χ3n) is 3.70. The third kappa shape index (κ3) is 5.17. The van der Waals surface area contributed by atoms with E-state index in [1.807, 2.05) is 13.8 Å². The molecule has 0 saturated carbocycles. The lowest BCUT2D eigenvalue weighted by Crippen LogP contribution is -2.45. The van der Waals surface area contributed by atoms with E-state index in [9.17, 15) is 14.0 Å². The zero-order valence-electron chi connectivity index (χ0n) is 12.6. The Morgan fingerprint density at radius 3 is 2.52 bits per heavy atom. The summed E-state index contributed by atoms with van der Waals surface area (Å²) >= 11 is 0. The molecule has 0 aliphatic carbocycles. The first kappa shape index (κ1) is 17.1. The van der Waals surface area contributed by atoms with Gasteiger partial charge in [-0.25, -0.2) is 9.18 Å². The Labute approximate surface area is 124 Å².